The van der Waals surface area contributed by atoms with E-state index in [-0.39, 0.29) is 18.9 Å². The second kappa shape index (κ2) is 8.96. The summed E-state index contributed by atoms with van der Waals surface area (Å²) in [6, 6.07) is 12.1. The van der Waals surface area contributed by atoms with E-state index < -0.39 is 24.4 Å². The molecular formula is C21H21ClN2O5. The molecule has 1 N–H and O–H groups in total. The van der Waals surface area contributed by atoms with E-state index in [2.05, 4.69) is 5.32 Å². The van der Waals surface area contributed by atoms with Gasteiger partial charge in [-0.2, -0.15) is 0 Å². The molecule has 2 aromatic carbocycles. The van der Waals surface area contributed by atoms with E-state index >= 15 is 0 Å². The Morgan fingerprint density at radius 2 is 1.93 bits per heavy atom. The predicted molar refractivity (Wildman–Crippen MR) is 109 cm³/mol. The summed E-state index contributed by atoms with van der Waals surface area (Å²) in [5.74, 6) is -1.19. The Morgan fingerprint density at radius 1 is 1.21 bits per heavy atom. The minimum Gasteiger partial charge on any atom is -0.497 e. The fourth-order valence-corrected chi connectivity index (χ4v) is 3.17. The molecule has 0 radical (unpaired) electrons. The van der Waals surface area contributed by atoms with Crippen LogP contribution in [0.1, 0.15) is 12.0 Å². The van der Waals surface area contributed by atoms with Gasteiger partial charge in [0.15, 0.2) is 6.61 Å². The number of esters is 1. The van der Waals surface area contributed by atoms with Gasteiger partial charge < -0.3 is 19.7 Å². The van der Waals surface area contributed by atoms with Crippen LogP contribution in [0.25, 0.3) is 0 Å². The van der Waals surface area contributed by atoms with E-state index in [4.69, 9.17) is 21.1 Å². The van der Waals surface area contributed by atoms with E-state index in [0.717, 1.165) is 5.56 Å². The summed E-state index contributed by atoms with van der Waals surface area (Å²) in [5.41, 5.74) is 2.10. The average Bonchev–Trinajstić information content (AvgIpc) is 3.10. The zero-order valence-electron chi connectivity index (χ0n) is 16.1. The van der Waals surface area contributed by atoms with Gasteiger partial charge in [0.2, 0.25) is 5.91 Å². The van der Waals surface area contributed by atoms with E-state index in [1.165, 1.54) is 4.90 Å². The molecule has 1 aliphatic heterocycles. The molecule has 0 aliphatic carbocycles. The molecule has 152 valence electrons. The lowest BCUT2D eigenvalue weighted by Crippen LogP contribution is -2.28. The normalized spacial score (nSPS) is 15.9. The highest BCUT2D eigenvalue weighted by Gasteiger charge is 2.36. The minimum absolute atomic E-state index is 0.0322. The summed E-state index contributed by atoms with van der Waals surface area (Å²) in [6.45, 7) is 1.64. The van der Waals surface area contributed by atoms with Crippen molar-refractivity contribution in [1.82, 2.24) is 0 Å². The Bertz CT molecular complexity index is 929. The standard InChI is InChI=1S/C21H21ClN2O5/c1-13-3-6-16(10-18(13)22)24-11-14(9-20(24)26)21(27)29-12-19(25)23-15-4-7-17(28-2)8-5-15/h3-8,10,14H,9,11-12H2,1-2H3,(H,23,25)/t14-/m0/s1. The molecule has 1 heterocycles. The monoisotopic (exact) mass is 416 g/mol. The quantitative estimate of drug-likeness (QED) is 0.731. The molecule has 2 amide bonds. The predicted octanol–water partition coefficient (Wildman–Crippen LogP) is 3.19. The zero-order valence-corrected chi connectivity index (χ0v) is 16.9. The molecule has 29 heavy (non-hydrogen) atoms. The maximum atomic E-state index is 12.3. The molecule has 0 unspecified atom stereocenters. The van der Waals surface area contributed by atoms with Crippen molar-refractivity contribution in [1.29, 1.82) is 0 Å². The molecule has 0 bridgehead atoms. The van der Waals surface area contributed by atoms with Crippen molar-refractivity contribution in [3.63, 3.8) is 0 Å². The van der Waals surface area contributed by atoms with Crippen molar-refractivity contribution in [2.75, 3.05) is 30.5 Å². The first-order chi connectivity index (χ1) is 13.9. The number of rotatable bonds is 6. The van der Waals surface area contributed by atoms with Crippen molar-refractivity contribution in [3.05, 3.63) is 53.1 Å². The van der Waals surface area contributed by atoms with Crippen LogP contribution in [0.4, 0.5) is 11.4 Å². The van der Waals surface area contributed by atoms with Crippen LogP contribution in [0.2, 0.25) is 5.02 Å². The molecule has 0 saturated carbocycles. The van der Waals surface area contributed by atoms with Crippen LogP contribution in [0.3, 0.4) is 0 Å². The molecule has 7 nitrogen and oxygen atoms in total. The number of nitrogens with one attached hydrogen (secondary N) is 1. The molecule has 1 fully saturated rings. The number of nitrogens with zero attached hydrogens (tertiary/aromatic N) is 1. The Balaban J connectivity index is 1.52. The largest absolute Gasteiger partial charge is 0.497 e. The van der Waals surface area contributed by atoms with Gasteiger partial charge in [-0.25, -0.2) is 0 Å². The number of hydrogen-bond donors (Lipinski definition) is 1. The number of aryl methyl sites for hydroxylation is 1. The van der Waals surface area contributed by atoms with Gasteiger partial charge in [0.25, 0.3) is 5.91 Å². The molecule has 2 aromatic rings. The Hall–Kier alpha value is -3.06. The fraction of sp³-hybridized carbons (Fsp3) is 0.286. The summed E-state index contributed by atoms with van der Waals surface area (Å²) >= 11 is 6.13. The van der Waals surface area contributed by atoms with E-state index in [1.807, 2.05) is 13.0 Å². The fourth-order valence-electron chi connectivity index (χ4n) is 2.99. The highest BCUT2D eigenvalue weighted by atomic mass is 35.5. The number of carbonyl (C=O) groups is 3. The molecule has 0 spiro atoms. The van der Waals surface area contributed by atoms with Gasteiger partial charge >= 0.3 is 5.97 Å². The van der Waals surface area contributed by atoms with Crippen molar-refractivity contribution in [2.45, 2.75) is 13.3 Å². The number of benzene rings is 2. The van der Waals surface area contributed by atoms with Crippen molar-refractivity contribution in [3.8, 4) is 5.75 Å². The minimum atomic E-state index is -0.628. The third-order valence-electron chi connectivity index (χ3n) is 4.64. The molecule has 3 rings (SSSR count). The van der Waals surface area contributed by atoms with Crippen LogP contribution in [0.5, 0.6) is 5.75 Å². The highest BCUT2D eigenvalue weighted by Crippen LogP contribution is 2.29. The van der Waals surface area contributed by atoms with Gasteiger partial charge in [0.1, 0.15) is 5.75 Å². The van der Waals surface area contributed by atoms with Gasteiger partial charge in [-0.05, 0) is 48.9 Å². The molecule has 1 atom stereocenters. The summed E-state index contributed by atoms with van der Waals surface area (Å²) < 4.78 is 10.2. The second-order valence-corrected chi connectivity index (χ2v) is 7.13. The summed E-state index contributed by atoms with van der Waals surface area (Å²) in [5, 5.41) is 3.18. The first-order valence-electron chi connectivity index (χ1n) is 9.04. The lowest BCUT2D eigenvalue weighted by Gasteiger charge is -2.17. The van der Waals surface area contributed by atoms with Crippen molar-refractivity contribution < 1.29 is 23.9 Å². The summed E-state index contributed by atoms with van der Waals surface area (Å²) in [7, 11) is 1.55. The van der Waals surface area contributed by atoms with E-state index in [1.54, 1.807) is 43.5 Å². The number of anilines is 2. The topological polar surface area (TPSA) is 84.9 Å². The molecule has 8 heteroatoms. The van der Waals surface area contributed by atoms with E-state index in [9.17, 15) is 14.4 Å². The number of halogens is 1. The van der Waals surface area contributed by atoms with Gasteiger partial charge in [0.05, 0.1) is 13.0 Å². The van der Waals surface area contributed by atoms with Gasteiger partial charge in [-0.15, -0.1) is 0 Å². The molecule has 1 saturated heterocycles. The van der Waals surface area contributed by atoms with Crippen LogP contribution in [-0.4, -0.2) is 38.0 Å². The number of hydrogen-bond acceptors (Lipinski definition) is 5. The maximum Gasteiger partial charge on any atom is 0.311 e. The van der Waals surface area contributed by atoms with Crippen LogP contribution in [0.15, 0.2) is 42.5 Å². The van der Waals surface area contributed by atoms with Crippen molar-refractivity contribution in [2.24, 2.45) is 5.92 Å². The number of amides is 2. The van der Waals surface area contributed by atoms with Gasteiger partial charge in [-0.3, -0.25) is 14.4 Å². The molecule has 0 aromatic heterocycles. The smallest absolute Gasteiger partial charge is 0.311 e. The van der Waals surface area contributed by atoms with Crippen molar-refractivity contribution >= 4 is 40.8 Å². The van der Waals surface area contributed by atoms with Gasteiger partial charge in [-0.1, -0.05) is 17.7 Å². The first kappa shape index (κ1) is 20.7. The second-order valence-electron chi connectivity index (χ2n) is 6.72. The Kier molecular flexibility index (Phi) is 6.39. The van der Waals surface area contributed by atoms with Crippen LogP contribution >= 0.6 is 11.6 Å². The average molecular weight is 417 g/mol. The zero-order chi connectivity index (χ0) is 21.0. The summed E-state index contributed by atoms with van der Waals surface area (Å²) in [6.07, 6.45) is 0.0322. The van der Waals surface area contributed by atoms with Gasteiger partial charge in [0, 0.05) is 29.4 Å². The molecular weight excluding hydrogens is 396 g/mol. The van der Waals surface area contributed by atoms with Crippen LogP contribution < -0.4 is 15.0 Å². The lowest BCUT2D eigenvalue weighted by molar-refractivity contribution is -0.151. The number of methoxy groups -OCH3 is 1. The Morgan fingerprint density at radius 3 is 2.59 bits per heavy atom. The first-order valence-corrected chi connectivity index (χ1v) is 9.42. The lowest BCUT2D eigenvalue weighted by atomic mass is 10.1. The van der Waals surface area contributed by atoms with Crippen LogP contribution in [0, 0.1) is 12.8 Å². The Labute approximate surface area is 173 Å². The maximum absolute atomic E-state index is 12.3. The van der Waals surface area contributed by atoms with Crippen LogP contribution in [-0.2, 0) is 19.1 Å². The van der Waals surface area contributed by atoms with E-state index in [0.29, 0.717) is 22.1 Å². The summed E-state index contributed by atoms with van der Waals surface area (Å²) in [4.78, 5) is 38.1. The number of carbonyl (C=O) groups excluding carboxylic acids is 3. The third kappa shape index (κ3) is 5.06. The highest BCUT2D eigenvalue weighted by molar-refractivity contribution is 6.31. The number of ether oxygens (including phenoxy) is 2. The molecule has 1 aliphatic rings. The SMILES string of the molecule is COc1ccc(NC(=O)COC(=O)[C@H]2CC(=O)N(c3ccc(C)c(Cl)c3)C2)cc1. The third-order valence-corrected chi connectivity index (χ3v) is 5.05.